The quantitative estimate of drug-likeness (QED) is 0.0355. The van der Waals surface area contributed by atoms with Crippen LogP contribution in [0, 0.1) is 17.8 Å². The Morgan fingerprint density at radius 1 is 0.385 bits per heavy atom. The topological polar surface area (TPSA) is 78.9 Å². The van der Waals surface area contributed by atoms with Crippen LogP contribution < -0.4 is 0 Å². The molecule has 0 amide bonds. The van der Waals surface area contributed by atoms with Crippen molar-refractivity contribution < 1.29 is 28.6 Å². The predicted molar refractivity (Wildman–Crippen MR) is 219 cm³/mol. The Morgan fingerprint density at radius 2 is 0.673 bits per heavy atom. The van der Waals surface area contributed by atoms with Gasteiger partial charge in [-0.1, -0.05) is 202 Å². The number of ether oxygens (including phenoxy) is 3. The first-order valence-corrected chi connectivity index (χ1v) is 22.6. The maximum atomic E-state index is 12.7. The number of rotatable bonds is 39. The fraction of sp³-hybridized carbons (Fsp3) is 0.935. The summed E-state index contributed by atoms with van der Waals surface area (Å²) in [5.41, 5.74) is 0. The van der Waals surface area contributed by atoms with Gasteiger partial charge in [0.1, 0.15) is 13.2 Å². The van der Waals surface area contributed by atoms with Crippen molar-refractivity contribution in [3.05, 3.63) is 0 Å². The monoisotopic (exact) mass is 737 g/mol. The van der Waals surface area contributed by atoms with Crippen molar-refractivity contribution >= 4 is 17.9 Å². The van der Waals surface area contributed by atoms with Crippen LogP contribution >= 0.6 is 0 Å². The maximum Gasteiger partial charge on any atom is 0.306 e. The van der Waals surface area contributed by atoms with E-state index in [4.69, 9.17) is 14.2 Å². The van der Waals surface area contributed by atoms with Crippen LogP contribution in [-0.4, -0.2) is 37.2 Å². The Morgan fingerprint density at radius 3 is 1.00 bits per heavy atom. The van der Waals surface area contributed by atoms with E-state index in [0.717, 1.165) is 75.5 Å². The standard InChI is InChI=1S/C46H88O6/c1-7-42(6)34-28-22-15-10-8-9-11-17-25-31-37-46(49)52-43(39-51-45(48)36-30-24-19-18-21-27-33-41(4)5)38-50-44(47)35-29-23-16-13-12-14-20-26-32-40(2)3/h40-43H,7-39H2,1-6H3/t42?,43-/m0/s1. The van der Waals surface area contributed by atoms with Gasteiger partial charge in [-0.05, 0) is 37.0 Å². The minimum atomic E-state index is -0.762. The summed E-state index contributed by atoms with van der Waals surface area (Å²) >= 11 is 0. The van der Waals surface area contributed by atoms with E-state index in [1.807, 2.05) is 0 Å². The third-order valence-electron chi connectivity index (χ3n) is 10.5. The van der Waals surface area contributed by atoms with E-state index in [-0.39, 0.29) is 31.1 Å². The zero-order valence-corrected chi connectivity index (χ0v) is 35.6. The molecule has 0 aromatic heterocycles. The van der Waals surface area contributed by atoms with Crippen LogP contribution in [0.4, 0.5) is 0 Å². The van der Waals surface area contributed by atoms with Gasteiger partial charge in [0.05, 0.1) is 0 Å². The van der Waals surface area contributed by atoms with Crippen LogP contribution in [0.3, 0.4) is 0 Å². The number of esters is 3. The molecule has 0 aromatic rings. The number of hydrogen-bond acceptors (Lipinski definition) is 6. The number of unbranched alkanes of at least 4 members (excludes halogenated alkanes) is 21. The summed E-state index contributed by atoms with van der Waals surface area (Å²) in [6.45, 7) is 13.6. The molecule has 0 saturated heterocycles. The molecule has 0 aliphatic rings. The first-order valence-electron chi connectivity index (χ1n) is 22.6. The largest absolute Gasteiger partial charge is 0.462 e. The number of carbonyl (C=O) groups is 3. The van der Waals surface area contributed by atoms with E-state index in [1.54, 1.807) is 0 Å². The Hall–Kier alpha value is -1.59. The van der Waals surface area contributed by atoms with Crippen LogP contribution in [0.2, 0.25) is 0 Å². The normalized spacial score (nSPS) is 12.7. The molecule has 6 nitrogen and oxygen atoms in total. The summed E-state index contributed by atoms with van der Waals surface area (Å²) in [7, 11) is 0. The molecule has 0 aliphatic carbocycles. The van der Waals surface area contributed by atoms with Crippen molar-refractivity contribution in [2.24, 2.45) is 17.8 Å². The van der Waals surface area contributed by atoms with Crippen LogP contribution in [0.15, 0.2) is 0 Å². The van der Waals surface area contributed by atoms with E-state index < -0.39 is 6.10 Å². The summed E-state index contributed by atoms with van der Waals surface area (Å²) in [4.78, 5) is 37.6. The molecule has 52 heavy (non-hydrogen) atoms. The average Bonchev–Trinajstić information content (AvgIpc) is 3.11. The highest BCUT2D eigenvalue weighted by Crippen LogP contribution is 2.17. The van der Waals surface area contributed by atoms with Crippen molar-refractivity contribution in [2.45, 2.75) is 247 Å². The fourth-order valence-electron chi connectivity index (χ4n) is 6.67. The molecule has 0 aliphatic heterocycles. The summed E-state index contributed by atoms with van der Waals surface area (Å²) < 4.78 is 16.7. The number of hydrogen-bond donors (Lipinski definition) is 0. The van der Waals surface area contributed by atoms with E-state index in [1.165, 1.54) is 122 Å². The van der Waals surface area contributed by atoms with E-state index in [0.29, 0.717) is 19.3 Å². The van der Waals surface area contributed by atoms with Gasteiger partial charge in [-0.3, -0.25) is 14.4 Å². The second-order valence-electron chi connectivity index (χ2n) is 16.9. The first kappa shape index (κ1) is 50.4. The molecule has 0 saturated carbocycles. The van der Waals surface area contributed by atoms with E-state index >= 15 is 0 Å². The van der Waals surface area contributed by atoms with Crippen LogP contribution in [-0.2, 0) is 28.6 Å². The highest BCUT2D eigenvalue weighted by atomic mass is 16.6. The molecule has 0 radical (unpaired) electrons. The maximum absolute atomic E-state index is 12.7. The van der Waals surface area contributed by atoms with Crippen molar-refractivity contribution in [3.63, 3.8) is 0 Å². The molecule has 0 fully saturated rings. The van der Waals surface area contributed by atoms with Crippen molar-refractivity contribution in [1.82, 2.24) is 0 Å². The molecule has 0 N–H and O–H groups in total. The SMILES string of the molecule is CCC(C)CCCCCCCCCCCCC(=O)O[C@@H](COC(=O)CCCCCCCCCCC(C)C)COC(=O)CCCCCCCCC(C)C. The van der Waals surface area contributed by atoms with Crippen molar-refractivity contribution in [3.8, 4) is 0 Å². The molecule has 6 heteroatoms. The highest BCUT2D eigenvalue weighted by Gasteiger charge is 2.19. The minimum absolute atomic E-state index is 0.0672. The Labute approximate surface area is 323 Å². The first-order chi connectivity index (χ1) is 25.1. The minimum Gasteiger partial charge on any atom is -0.462 e. The van der Waals surface area contributed by atoms with Crippen LogP contribution in [0.1, 0.15) is 241 Å². The lowest BCUT2D eigenvalue weighted by Gasteiger charge is -2.18. The third kappa shape index (κ3) is 38.1. The van der Waals surface area contributed by atoms with Gasteiger partial charge in [-0.25, -0.2) is 0 Å². The van der Waals surface area contributed by atoms with E-state index in [9.17, 15) is 14.4 Å². The molecule has 0 heterocycles. The van der Waals surface area contributed by atoms with Gasteiger partial charge in [0.2, 0.25) is 0 Å². The zero-order chi connectivity index (χ0) is 38.5. The van der Waals surface area contributed by atoms with Crippen LogP contribution in [0.5, 0.6) is 0 Å². The van der Waals surface area contributed by atoms with Crippen LogP contribution in [0.25, 0.3) is 0 Å². The molecule has 0 aromatic carbocycles. The predicted octanol–water partition coefficient (Wildman–Crippen LogP) is 14.0. The van der Waals surface area contributed by atoms with Crippen molar-refractivity contribution in [1.29, 1.82) is 0 Å². The Bertz CT molecular complexity index is 809. The van der Waals surface area contributed by atoms with Gasteiger partial charge in [0.25, 0.3) is 0 Å². The summed E-state index contributed by atoms with van der Waals surface area (Å²) in [5.74, 6) is 1.56. The molecule has 0 spiro atoms. The van der Waals surface area contributed by atoms with E-state index in [2.05, 4.69) is 41.5 Å². The molecule has 2 atom stereocenters. The molecule has 0 bridgehead atoms. The Kier molecular flexibility index (Phi) is 36.6. The van der Waals surface area contributed by atoms with Gasteiger partial charge in [-0.2, -0.15) is 0 Å². The summed E-state index contributed by atoms with van der Waals surface area (Å²) in [6, 6.07) is 0. The lowest BCUT2D eigenvalue weighted by atomic mass is 9.99. The summed E-state index contributed by atoms with van der Waals surface area (Å²) in [6.07, 6.45) is 33.8. The highest BCUT2D eigenvalue weighted by molar-refractivity contribution is 5.71. The fourth-order valence-corrected chi connectivity index (χ4v) is 6.67. The van der Waals surface area contributed by atoms with Gasteiger partial charge in [0.15, 0.2) is 6.10 Å². The second kappa shape index (κ2) is 37.7. The lowest BCUT2D eigenvalue weighted by molar-refractivity contribution is -0.167. The molecule has 0 rings (SSSR count). The van der Waals surface area contributed by atoms with Gasteiger partial charge in [0, 0.05) is 19.3 Å². The lowest BCUT2D eigenvalue weighted by Crippen LogP contribution is -2.30. The summed E-state index contributed by atoms with van der Waals surface area (Å²) in [5, 5.41) is 0. The molecule has 1 unspecified atom stereocenters. The third-order valence-corrected chi connectivity index (χ3v) is 10.5. The molecule has 308 valence electrons. The molecular formula is C46H88O6. The van der Waals surface area contributed by atoms with Gasteiger partial charge < -0.3 is 14.2 Å². The second-order valence-corrected chi connectivity index (χ2v) is 16.9. The molecular weight excluding hydrogens is 648 g/mol. The van der Waals surface area contributed by atoms with Crippen molar-refractivity contribution in [2.75, 3.05) is 13.2 Å². The van der Waals surface area contributed by atoms with Gasteiger partial charge >= 0.3 is 17.9 Å². The Balaban J connectivity index is 4.34. The average molecular weight is 737 g/mol. The smallest absolute Gasteiger partial charge is 0.306 e. The zero-order valence-electron chi connectivity index (χ0n) is 35.6. The van der Waals surface area contributed by atoms with Gasteiger partial charge in [-0.15, -0.1) is 0 Å². The number of carbonyl (C=O) groups excluding carboxylic acids is 3.